The number of rotatable bonds is 3. The molecule has 1 aromatic heterocycles. The summed E-state index contributed by atoms with van der Waals surface area (Å²) in [6, 6.07) is 7.49. The first-order chi connectivity index (χ1) is 8.57. The van der Waals surface area contributed by atoms with E-state index >= 15 is 0 Å². The highest BCUT2D eigenvalue weighted by Gasteiger charge is 2.66. The van der Waals surface area contributed by atoms with Crippen molar-refractivity contribution in [3.8, 4) is 0 Å². The lowest BCUT2D eigenvalue weighted by atomic mass is 9.93. The number of benzene rings is 1. The van der Waals surface area contributed by atoms with Crippen molar-refractivity contribution in [1.29, 1.82) is 0 Å². The molecule has 92 valence electrons. The van der Waals surface area contributed by atoms with Crippen LogP contribution in [0.5, 0.6) is 0 Å². The molecule has 0 radical (unpaired) electrons. The Labute approximate surface area is 106 Å². The van der Waals surface area contributed by atoms with Gasteiger partial charge in [-0.25, -0.2) is 0 Å². The second-order valence-electron chi connectivity index (χ2n) is 4.52. The summed E-state index contributed by atoms with van der Waals surface area (Å²) < 4.78 is 0.990. The van der Waals surface area contributed by atoms with E-state index in [0.29, 0.717) is 5.56 Å². The molecule has 5 heteroatoms. The summed E-state index contributed by atoms with van der Waals surface area (Å²) in [4.78, 5) is 22.5. The average Bonchev–Trinajstić information content (AvgIpc) is 2.96. The fourth-order valence-electron chi connectivity index (χ4n) is 2.53. The molecule has 0 bridgehead atoms. The van der Waals surface area contributed by atoms with Crippen molar-refractivity contribution in [3.63, 3.8) is 0 Å². The molecule has 2 unspecified atom stereocenters. The molecular formula is C13H10O4S. The summed E-state index contributed by atoms with van der Waals surface area (Å²) in [6.45, 7) is 0. The molecule has 0 spiro atoms. The summed E-state index contributed by atoms with van der Waals surface area (Å²) in [5.41, 5.74) is -0.589. The van der Waals surface area contributed by atoms with Crippen molar-refractivity contribution in [1.82, 2.24) is 0 Å². The quantitative estimate of drug-likeness (QED) is 0.890. The Morgan fingerprint density at radius 3 is 2.61 bits per heavy atom. The van der Waals surface area contributed by atoms with Crippen LogP contribution < -0.4 is 0 Å². The zero-order valence-electron chi connectivity index (χ0n) is 9.29. The van der Waals surface area contributed by atoms with Crippen molar-refractivity contribution >= 4 is 33.4 Å². The number of carbonyl (C=O) groups is 2. The van der Waals surface area contributed by atoms with Crippen LogP contribution in [0.2, 0.25) is 0 Å². The van der Waals surface area contributed by atoms with Crippen LogP contribution in [-0.2, 0) is 15.0 Å². The van der Waals surface area contributed by atoms with E-state index < -0.39 is 23.3 Å². The van der Waals surface area contributed by atoms with Crippen LogP contribution in [0.4, 0.5) is 0 Å². The Morgan fingerprint density at radius 2 is 2.00 bits per heavy atom. The maximum absolute atomic E-state index is 11.5. The molecule has 1 saturated carbocycles. The summed E-state index contributed by atoms with van der Waals surface area (Å²) >= 11 is 1.46. The van der Waals surface area contributed by atoms with Gasteiger partial charge in [0.05, 0.1) is 5.92 Å². The monoisotopic (exact) mass is 262 g/mol. The van der Waals surface area contributed by atoms with E-state index in [2.05, 4.69) is 0 Å². The Balaban J connectivity index is 2.19. The lowest BCUT2D eigenvalue weighted by Gasteiger charge is -2.10. The highest BCUT2D eigenvalue weighted by atomic mass is 32.1. The number of hydrogen-bond acceptors (Lipinski definition) is 3. The van der Waals surface area contributed by atoms with Crippen LogP contribution in [0, 0.1) is 5.92 Å². The van der Waals surface area contributed by atoms with Crippen LogP contribution in [0.15, 0.2) is 29.6 Å². The third-order valence-corrected chi connectivity index (χ3v) is 4.57. The predicted molar refractivity (Wildman–Crippen MR) is 66.9 cm³/mol. The second-order valence-corrected chi connectivity index (χ2v) is 5.43. The fraction of sp³-hybridized carbons (Fsp3) is 0.231. The number of hydrogen-bond donors (Lipinski definition) is 2. The molecule has 1 heterocycles. The highest BCUT2D eigenvalue weighted by molar-refractivity contribution is 7.17. The standard InChI is InChI=1S/C13H10O4S/c14-11(15)8-5-13(8,12(16)17)9-6-18-10-4-2-1-3-7(9)10/h1-4,6,8H,5H2,(H,14,15)(H,16,17). The largest absolute Gasteiger partial charge is 0.481 e. The van der Waals surface area contributed by atoms with E-state index in [4.69, 9.17) is 5.11 Å². The zero-order chi connectivity index (χ0) is 12.9. The SMILES string of the molecule is O=C(O)C1CC1(C(=O)O)c1csc2ccccc12. The second kappa shape index (κ2) is 3.55. The fourth-order valence-corrected chi connectivity index (χ4v) is 3.58. The van der Waals surface area contributed by atoms with Gasteiger partial charge >= 0.3 is 11.9 Å². The molecule has 18 heavy (non-hydrogen) atoms. The van der Waals surface area contributed by atoms with Crippen molar-refractivity contribution < 1.29 is 19.8 Å². The van der Waals surface area contributed by atoms with Gasteiger partial charge < -0.3 is 10.2 Å². The Kier molecular flexibility index (Phi) is 2.22. The number of aliphatic carboxylic acids is 2. The molecule has 2 N–H and O–H groups in total. The van der Waals surface area contributed by atoms with Crippen molar-refractivity contribution in [3.05, 3.63) is 35.2 Å². The lowest BCUT2D eigenvalue weighted by Crippen LogP contribution is -2.24. The van der Waals surface area contributed by atoms with Gasteiger partial charge in [-0.1, -0.05) is 18.2 Å². The van der Waals surface area contributed by atoms with Gasteiger partial charge in [0.25, 0.3) is 0 Å². The van der Waals surface area contributed by atoms with Crippen LogP contribution in [0.3, 0.4) is 0 Å². The molecule has 1 aliphatic rings. The first-order valence-electron chi connectivity index (χ1n) is 5.50. The molecule has 1 aliphatic carbocycles. The first kappa shape index (κ1) is 11.2. The molecule has 2 aromatic rings. The summed E-state index contributed by atoms with van der Waals surface area (Å²) in [5.74, 6) is -2.89. The molecule has 3 rings (SSSR count). The van der Waals surface area contributed by atoms with E-state index in [9.17, 15) is 14.7 Å². The topological polar surface area (TPSA) is 74.6 Å². The summed E-state index contributed by atoms with van der Waals surface area (Å²) in [6.07, 6.45) is 0.179. The molecule has 1 aromatic carbocycles. The van der Waals surface area contributed by atoms with Crippen molar-refractivity contribution in [2.45, 2.75) is 11.8 Å². The Morgan fingerprint density at radius 1 is 1.28 bits per heavy atom. The smallest absolute Gasteiger partial charge is 0.315 e. The van der Waals surface area contributed by atoms with E-state index in [0.717, 1.165) is 10.1 Å². The number of fused-ring (bicyclic) bond motifs is 1. The normalized spacial score (nSPS) is 26.1. The molecular weight excluding hydrogens is 252 g/mol. The Bertz CT molecular complexity index is 660. The maximum Gasteiger partial charge on any atom is 0.315 e. The molecule has 4 nitrogen and oxygen atoms in total. The Hall–Kier alpha value is -1.88. The van der Waals surface area contributed by atoms with Crippen molar-refractivity contribution in [2.24, 2.45) is 5.92 Å². The van der Waals surface area contributed by atoms with Crippen LogP contribution in [0.25, 0.3) is 10.1 Å². The molecule has 0 saturated heterocycles. The third-order valence-electron chi connectivity index (χ3n) is 3.60. The van der Waals surface area contributed by atoms with Gasteiger partial charge in [-0.15, -0.1) is 11.3 Å². The third kappa shape index (κ3) is 1.31. The van der Waals surface area contributed by atoms with E-state index in [1.165, 1.54) is 11.3 Å². The highest BCUT2D eigenvalue weighted by Crippen LogP contribution is 2.57. The van der Waals surface area contributed by atoms with Gasteiger partial charge in [-0.05, 0) is 28.8 Å². The van der Waals surface area contributed by atoms with E-state index in [1.54, 1.807) is 5.38 Å². The first-order valence-corrected chi connectivity index (χ1v) is 6.38. The van der Waals surface area contributed by atoms with Gasteiger partial charge in [-0.3, -0.25) is 9.59 Å². The minimum Gasteiger partial charge on any atom is -0.481 e. The molecule has 2 atom stereocenters. The lowest BCUT2D eigenvalue weighted by molar-refractivity contribution is -0.145. The molecule has 1 fully saturated rings. The summed E-state index contributed by atoms with van der Waals surface area (Å²) in [5, 5.41) is 21.1. The molecule has 0 aliphatic heterocycles. The van der Waals surface area contributed by atoms with E-state index in [-0.39, 0.29) is 6.42 Å². The summed E-state index contributed by atoms with van der Waals surface area (Å²) in [7, 11) is 0. The van der Waals surface area contributed by atoms with Gasteiger partial charge in [0.2, 0.25) is 0 Å². The van der Waals surface area contributed by atoms with Gasteiger partial charge in [0.1, 0.15) is 5.41 Å². The van der Waals surface area contributed by atoms with Gasteiger partial charge in [-0.2, -0.15) is 0 Å². The van der Waals surface area contributed by atoms with E-state index in [1.807, 2.05) is 24.3 Å². The number of carboxylic acids is 2. The predicted octanol–water partition coefficient (Wildman–Crippen LogP) is 2.33. The zero-order valence-corrected chi connectivity index (χ0v) is 10.1. The van der Waals surface area contributed by atoms with Crippen molar-refractivity contribution in [2.75, 3.05) is 0 Å². The van der Waals surface area contributed by atoms with Crippen LogP contribution in [0.1, 0.15) is 12.0 Å². The number of carboxylic acid groups (broad SMARTS) is 2. The minimum absolute atomic E-state index is 0.179. The van der Waals surface area contributed by atoms with Gasteiger partial charge in [0.15, 0.2) is 0 Å². The maximum atomic E-state index is 11.5. The molecule has 0 amide bonds. The number of thiophene rings is 1. The van der Waals surface area contributed by atoms with Crippen LogP contribution >= 0.6 is 11.3 Å². The van der Waals surface area contributed by atoms with Gasteiger partial charge in [0, 0.05) is 4.70 Å². The average molecular weight is 262 g/mol. The minimum atomic E-state index is -1.23. The van der Waals surface area contributed by atoms with Crippen LogP contribution in [-0.4, -0.2) is 22.2 Å².